The van der Waals surface area contributed by atoms with Gasteiger partial charge in [0.15, 0.2) is 12.4 Å². The Morgan fingerprint density at radius 2 is 1.07 bits per heavy atom. The summed E-state index contributed by atoms with van der Waals surface area (Å²) < 4.78 is 34.0. The van der Waals surface area contributed by atoms with Gasteiger partial charge in [-0.1, -0.05) is 181 Å². The molecule has 3 unspecified atom stereocenters. The second-order valence-electron chi connectivity index (χ2n) is 17.3. The van der Waals surface area contributed by atoms with Crippen molar-refractivity contribution in [1.82, 2.24) is 5.32 Å². The zero-order valence-corrected chi connectivity index (χ0v) is 39.2. The fraction of sp³-hybridized carbons (Fsp3) is 0.935. The van der Waals surface area contributed by atoms with Crippen molar-refractivity contribution < 1.29 is 62.8 Å². The van der Waals surface area contributed by atoms with Crippen LogP contribution in [0.25, 0.3) is 0 Å². The van der Waals surface area contributed by atoms with Gasteiger partial charge in [0.2, 0.25) is 5.91 Å². The maximum absolute atomic E-state index is 13.6. The monoisotopic (exact) mass is 894 g/mol. The van der Waals surface area contributed by atoms with Crippen LogP contribution in [-0.2, 0) is 37.7 Å². The van der Waals surface area contributed by atoms with Crippen molar-refractivity contribution in [2.75, 3.05) is 6.61 Å². The fourth-order valence-corrected chi connectivity index (χ4v) is 8.57. The van der Waals surface area contributed by atoms with E-state index in [2.05, 4.69) is 26.1 Å². The molecule has 0 aromatic heterocycles. The smallest absolute Gasteiger partial charge is 0.462 e. The highest BCUT2D eigenvalue weighted by Crippen LogP contribution is 2.42. The van der Waals surface area contributed by atoms with Crippen LogP contribution in [0.15, 0.2) is 0 Å². The van der Waals surface area contributed by atoms with Crippen molar-refractivity contribution in [3.05, 3.63) is 0 Å². The Morgan fingerprint density at radius 1 is 0.623 bits per heavy atom. The van der Waals surface area contributed by atoms with Crippen molar-refractivity contribution in [3.63, 3.8) is 0 Å². The third-order valence-corrected chi connectivity index (χ3v) is 12.1. The Morgan fingerprint density at radius 3 is 1.52 bits per heavy atom. The summed E-state index contributed by atoms with van der Waals surface area (Å²) in [4.78, 5) is 59.3. The van der Waals surface area contributed by atoms with E-state index in [1.807, 2.05) is 0 Å². The first kappa shape index (κ1) is 57.4. The Balaban J connectivity index is 2.93. The van der Waals surface area contributed by atoms with Crippen LogP contribution in [0.3, 0.4) is 0 Å². The molecular formula is C46H88NO13P. The quantitative estimate of drug-likeness (QED) is 0.0192. The number of nitrogens with one attached hydrogen (secondary N) is 1. The molecule has 15 heteroatoms. The van der Waals surface area contributed by atoms with Crippen LogP contribution < -0.4 is 5.32 Å². The van der Waals surface area contributed by atoms with Crippen molar-refractivity contribution in [2.24, 2.45) is 0 Å². The topological polar surface area (TPSA) is 218 Å². The number of aliphatic hydroxyl groups excluding tert-OH is 3. The van der Waals surface area contributed by atoms with Gasteiger partial charge in [-0.2, -0.15) is 0 Å². The second-order valence-corrected chi connectivity index (χ2v) is 18.5. The van der Waals surface area contributed by atoms with Gasteiger partial charge >= 0.3 is 19.8 Å². The lowest BCUT2D eigenvalue weighted by atomic mass is 9.96. The predicted molar refractivity (Wildman–Crippen MR) is 237 cm³/mol. The SMILES string of the molecule is CCCCCCCCCCCCCC(=O)OC(CCCCCCCCC)CC(=O)O[C@H]1[C@H](OP(=O)(O)O)[C@@H](CO)OC(O)[C@@H]1NC(=O)CC(O)CCCCCCCCCCC. The summed E-state index contributed by atoms with van der Waals surface area (Å²) in [5, 5.41) is 34.1. The van der Waals surface area contributed by atoms with Gasteiger partial charge in [-0.15, -0.1) is 0 Å². The van der Waals surface area contributed by atoms with E-state index >= 15 is 0 Å². The molecule has 1 aliphatic rings. The molecule has 1 amide bonds. The lowest BCUT2D eigenvalue weighted by molar-refractivity contribution is -0.256. The van der Waals surface area contributed by atoms with E-state index in [9.17, 15) is 44.1 Å². The molecule has 0 aromatic rings. The summed E-state index contributed by atoms with van der Waals surface area (Å²) in [6.07, 6.45) is 21.0. The van der Waals surface area contributed by atoms with Gasteiger partial charge in [0.1, 0.15) is 24.4 Å². The number of aliphatic hydroxyl groups is 3. The van der Waals surface area contributed by atoms with E-state index in [0.717, 1.165) is 83.5 Å². The Hall–Kier alpha value is -1.64. The number of rotatable bonds is 40. The summed E-state index contributed by atoms with van der Waals surface area (Å²) >= 11 is 0. The zero-order valence-electron chi connectivity index (χ0n) is 38.3. The van der Waals surface area contributed by atoms with Crippen LogP contribution >= 0.6 is 7.82 Å². The molecule has 14 nitrogen and oxygen atoms in total. The van der Waals surface area contributed by atoms with Gasteiger partial charge in [-0.05, 0) is 25.7 Å². The molecular weight excluding hydrogens is 805 g/mol. The number of hydrogen-bond acceptors (Lipinski definition) is 11. The molecule has 7 atom stereocenters. The Bertz CT molecular complexity index is 1160. The van der Waals surface area contributed by atoms with Crippen LogP contribution in [0.1, 0.15) is 226 Å². The first-order valence-corrected chi connectivity index (χ1v) is 25.9. The molecule has 1 rings (SSSR count). The maximum Gasteiger partial charge on any atom is 0.470 e. The van der Waals surface area contributed by atoms with Crippen LogP contribution in [0, 0.1) is 0 Å². The molecule has 0 saturated carbocycles. The van der Waals surface area contributed by atoms with E-state index in [1.165, 1.54) is 77.0 Å². The lowest BCUT2D eigenvalue weighted by Gasteiger charge is -2.43. The van der Waals surface area contributed by atoms with Gasteiger partial charge in [0, 0.05) is 6.42 Å². The van der Waals surface area contributed by atoms with Gasteiger partial charge in [0.05, 0.1) is 25.6 Å². The van der Waals surface area contributed by atoms with Gasteiger partial charge in [-0.25, -0.2) is 4.57 Å². The van der Waals surface area contributed by atoms with Crippen molar-refractivity contribution in [1.29, 1.82) is 0 Å². The van der Waals surface area contributed by atoms with Crippen molar-refractivity contribution in [3.8, 4) is 0 Å². The summed E-state index contributed by atoms with van der Waals surface area (Å²) in [5.74, 6) is -2.06. The molecule has 0 bridgehead atoms. The summed E-state index contributed by atoms with van der Waals surface area (Å²) in [6, 6.07) is -1.58. The number of carbonyl (C=O) groups excluding carboxylic acids is 3. The third-order valence-electron chi connectivity index (χ3n) is 11.6. The average molecular weight is 894 g/mol. The molecule has 0 aromatic carbocycles. The summed E-state index contributed by atoms with van der Waals surface area (Å²) in [7, 11) is -5.29. The minimum Gasteiger partial charge on any atom is -0.462 e. The van der Waals surface area contributed by atoms with E-state index in [1.54, 1.807) is 0 Å². The number of esters is 2. The zero-order chi connectivity index (χ0) is 45.1. The standard InChI is InChI=1S/C46H88NO13P/c1-4-7-10-13-16-18-19-21-24-27-30-33-41(51)57-38(32-29-26-22-15-12-9-6-3)35-42(52)59-45-43(46(53)58-39(36-48)44(45)60-61(54,55)56)47-40(50)34-37(49)31-28-25-23-20-17-14-11-8-5-2/h37-39,43-46,48-49,53H,4-36H2,1-3H3,(H,47,50)(H2,54,55,56)/t37?,38?,39-,43-,44-,45-,46?/m1/s1. The summed E-state index contributed by atoms with van der Waals surface area (Å²) in [5.41, 5.74) is 0. The first-order valence-electron chi connectivity index (χ1n) is 24.4. The molecule has 1 heterocycles. The number of ether oxygens (including phenoxy) is 3. The fourth-order valence-electron chi connectivity index (χ4n) is 7.99. The average Bonchev–Trinajstić information content (AvgIpc) is 3.20. The highest BCUT2D eigenvalue weighted by molar-refractivity contribution is 7.46. The molecule has 6 N–H and O–H groups in total. The van der Waals surface area contributed by atoms with Crippen LogP contribution in [-0.4, -0.2) is 92.4 Å². The Kier molecular flexibility index (Phi) is 34.5. The first-order chi connectivity index (χ1) is 29.3. The molecule has 0 aliphatic carbocycles. The number of carbonyl (C=O) groups is 3. The predicted octanol–water partition coefficient (Wildman–Crippen LogP) is 9.39. The number of unbranched alkanes of at least 4 members (excludes halogenated alkanes) is 24. The van der Waals surface area contributed by atoms with Crippen LogP contribution in [0.5, 0.6) is 0 Å². The molecule has 1 saturated heterocycles. The van der Waals surface area contributed by atoms with E-state index in [4.69, 9.17) is 18.7 Å². The largest absolute Gasteiger partial charge is 0.470 e. The number of amides is 1. The van der Waals surface area contributed by atoms with Gasteiger partial charge < -0.3 is 44.6 Å². The van der Waals surface area contributed by atoms with Gasteiger partial charge in [0.25, 0.3) is 0 Å². The molecule has 1 aliphatic heterocycles. The number of hydrogen-bond donors (Lipinski definition) is 6. The van der Waals surface area contributed by atoms with Crippen LogP contribution in [0.2, 0.25) is 0 Å². The Labute approximate surface area is 368 Å². The molecule has 1 fully saturated rings. The van der Waals surface area contributed by atoms with Crippen molar-refractivity contribution >= 4 is 25.7 Å². The minimum atomic E-state index is -5.29. The number of phosphoric acid groups is 1. The van der Waals surface area contributed by atoms with E-state index < -0.39 is 81.5 Å². The molecule has 0 spiro atoms. The summed E-state index contributed by atoms with van der Waals surface area (Å²) in [6.45, 7) is 5.68. The minimum absolute atomic E-state index is 0.210. The number of phosphoric ester groups is 1. The van der Waals surface area contributed by atoms with Gasteiger partial charge in [-0.3, -0.25) is 18.9 Å². The highest BCUT2D eigenvalue weighted by Gasteiger charge is 2.51. The highest BCUT2D eigenvalue weighted by atomic mass is 31.2. The molecule has 360 valence electrons. The van der Waals surface area contributed by atoms with E-state index in [0.29, 0.717) is 25.7 Å². The van der Waals surface area contributed by atoms with E-state index in [-0.39, 0.29) is 12.8 Å². The second kappa shape index (κ2) is 36.7. The molecule has 61 heavy (non-hydrogen) atoms. The van der Waals surface area contributed by atoms with Crippen LogP contribution in [0.4, 0.5) is 0 Å². The lowest BCUT2D eigenvalue weighted by Crippen LogP contribution is -2.65. The molecule has 0 radical (unpaired) electrons. The van der Waals surface area contributed by atoms with Crippen molar-refractivity contribution in [2.45, 2.75) is 269 Å². The normalized spacial score (nSPS) is 20.3. The third kappa shape index (κ3) is 30.2. The maximum atomic E-state index is 13.6.